The lowest BCUT2D eigenvalue weighted by Crippen LogP contribution is -2.29. The van der Waals surface area contributed by atoms with Crippen LogP contribution in [0.5, 0.6) is 0 Å². The predicted molar refractivity (Wildman–Crippen MR) is 69.9 cm³/mol. The largest absolute Gasteiger partial charge is 0.445 e. The molecule has 1 saturated heterocycles. The van der Waals surface area contributed by atoms with Gasteiger partial charge in [0, 0.05) is 13.1 Å². The number of hydrogen-bond acceptors (Lipinski definition) is 5. The molecule has 1 amide bonds. The van der Waals surface area contributed by atoms with Crippen molar-refractivity contribution in [2.45, 2.75) is 18.9 Å². The smallest absolute Gasteiger partial charge is 0.410 e. The van der Waals surface area contributed by atoms with Crippen molar-refractivity contribution < 1.29 is 13.9 Å². The van der Waals surface area contributed by atoms with Gasteiger partial charge in [0.05, 0.1) is 5.92 Å². The molecule has 6 heteroatoms. The van der Waals surface area contributed by atoms with Gasteiger partial charge in [-0.2, -0.15) is 0 Å². The highest BCUT2D eigenvalue weighted by Gasteiger charge is 2.31. The molecule has 1 aromatic carbocycles. The Morgan fingerprint density at radius 1 is 1.40 bits per heavy atom. The topological polar surface area (TPSA) is 68.5 Å². The molecule has 0 aliphatic carbocycles. The highest BCUT2D eigenvalue weighted by Crippen LogP contribution is 2.25. The fourth-order valence-electron chi connectivity index (χ4n) is 2.30. The number of carbonyl (C=O) groups is 1. The lowest BCUT2D eigenvalue weighted by molar-refractivity contribution is 0.104. The van der Waals surface area contributed by atoms with Crippen LogP contribution in [0.2, 0.25) is 0 Å². The average Bonchev–Trinajstić information content (AvgIpc) is 3.16. The van der Waals surface area contributed by atoms with Gasteiger partial charge in [-0.3, -0.25) is 0 Å². The third kappa shape index (κ3) is 2.79. The van der Waals surface area contributed by atoms with Gasteiger partial charge < -0.3 is 14.1 Å². The van der Waals surface area contributed by atoms with Crippen molar-refractivity contribution in [2.24, 2.45) is 0 Å². The molecular formula is C14H15N3O3. The Morgan fingerprint density at radius 3 is 3.00 bits per heavy atom. The van der Waals surface area contributed by atoms with Gasteiger partial charge >= 0.3 is 6.09 Å². The number of likely N-dealkylation sites (tertiary alicyclic amines) is 1. The summed E-state index contributed by atoms with van der Waals surface area (Å²) in [4.78, 5) is 13.6. The summed E-state index contributed by atoms with van der Waals surface area (Å²) in [5, 5.41) is 7.55. The van der Waals surface area contributed by atoms with E-state index in [4.69, 9.17) is 9.15 Å². The summed E-state index contributed by atoms with van der Waals surface area (Å²) in [5.74, 6) is 0.699. The fourth-order valence-corrected chi connectivity index (χ4v) is 2.30. The zero-order valence-corrected chi connectivity index (χ0v) is 10.9. The maximum Gasteiger partial charge on any atom is 0.410 e. The molecule has 2 heterocycles. The minimum atomic E-state index is -0.295. The van der Waals surface area contributed by atoms with E-state index in [1.807, 2.05) is 30.3 Å². The van der Waals surface area contributed by atoms with Crippen molar-refractivity contribution in [3.05, 3.63) is 48.2 Å². The third-order valence-corrected chi connectivity index (χ3v) is 3.38. The molecule has 20 heavy (non-hydrogen) atoms. The monoisotopic (exact) mass is 273 g/mol. The second-order valence-electron chi connectivity index (χ2n) is 4.75. The summed E-state index contributed by atoms with van der Waals surface area (Å²) in [6, 6.07) is 9.63. The Kier molecular flexibility index (Phi) is 3.62. The van der Waals surface area contributed by atoms with Crippen LogP contribution in [0, 0.1) is 0 Å². The van der Waals surface area contributed by atoms with Gasteiger partial charge in [-0.05, 0) is 12.0 Å². The first-order chi connectivity index (χ1) is 9.83. The number of nitrogens with zero attached hydrogens (tertiary/aromatic N) is 3. The Hall–Kier alpha value is -2.37. The summed E-state index contributed by atoms with van der Waals surface area (Å²) in [6.07, 6.45) is 1.84. The van der Waals surface area contributed by atoms with Gasteiger partial charge in [-0.15, -0.1) is 10.2 Å². The average molecular weight is 273 g/mol. The zero-order chi connectivity index (χ0) is 13.8. The first kappa shape index (κ1) is 12.7. The molecule has 104 valence electrons. The van der Waals surface area contributed by atoms with Crippen molar-refractivity contribution in [2.75, 3.05) is 13.1 Å². The van der Waals surface area contributed by atoms with Gasteiger partial charge in [0.2, 0.25) is 12.3 Å². The van der Waals surface area contributed by atoms with Crippen molar-refractivity contribution in [3.8, 4) is 0 Å². The second-order valence-corrected chi connectivity index (χ2v) is 4.75. The van der Waals surface area contributed by atoms with Gasteiger partial charge in [-0.25, -0.2) is 4.79 Å². The number of hydrogen-bond donors (Lipinski definition) is 0. The van der Waals surface area contributed by atoms with Crippen LogP contribution in [-0.4, -0.2) is 34.3 Å². The van der Waals surface area contributed by atoms with Crippen molar-refractivity contribution in [1.82, 2.24) is 15.1 Å². The van der Waals surface area contributed by atoms with E-state index in [0.717, 1.165) is 12.0 Å². The Bertz CT molecular complexity index is 556. The number of aromatic nitrogens is 2. The number of carbonyl (C=O) groups excluding carboxylic acids is 1. The number of amides is 1. The van der Waals surface area contributed by atoms with Crippen LogP contribution in [0.15, 0.2) is 41.1 Å². The van der Waals surface area contributed by atoms with Crippen LogP contribution >= 0.6 is 0 Å². The van der Waals surface area contributed by atoms with Crippen molar-refractivity contribution in [1.29, 1.82) is 0 Å². The fraction of sp³-hybridized carbons (Fsp3) is 0.357. The first-order valence-corrected chi connectivity index (χ1v) is 6.54. The molecule has 1 fully saturated rings. The maximum atomic E-state index is 12.0. The number of benzene rings is 1. The Balaban J connectivity index is 1.51. The molecule has 0 radical (unpaired) electrons. The molecule has 0 N–H and O–H groups in total. The standard InChI is InChI=1S/C14H15N3O3/c18-14(19-9-11-4-2-1-3-5-11)17-7-6-12(8-17)13-16-15-10-20-13/h1-5,10,12H,6-9H2. The first-order valence-electron chi connectivity index (χ1n) is 6.54. The lowest BCUT2D eigenvalue weighted by atomic mass is 10.1. The Labute approximate surface area is 116 Å². The van der Waals surface area contributed by atoms with E-state index >= 15 is 0 Å². The molecule has 2 aromatic rings. The quantitative estimate of drug-likeness (QED) is 0.857. The van der Waals surface area contributed by atoms with Crippen LogP contribution in [0.1, 0.15) is 23.8 Å². The van der Waals surface area contributed by atoms with Crippen LogP contribution in [-0.2, 0) is 11.3 Å². The highest BCUT2D eigenvalue weighted by atomic mass is 16.6. The van der Waals surface area contributed by atoms with Crippen LogP contribution in [0.25, 0.3) is 0 Å². The van der Waals surface area contributed by atoms with Gasteiger partial charge in [0.15, 0.2) is 0 Å². The second kappa shape index (κ2) is 5.73. The molecule has 1 aliphatic heterocycles. The van der Waals surface area contributed by atoms with Crippen molar-refractivity contribution in [3.63, 3.8) is 0 Å². The van der Waals surface area contributed by atoms with Crippen LogP contribution in [0.4, 0.5) is 4.79 Å². The van der Waals surface area contributed by atoms with E-state index in [1.165, 1.54) is 6.39 Å². The molecule has 6 nitrogen and oxygen atoms in total. The zero-order valence-electron chi connectivity index (χ0n) is 10.9. The van der Waals surface area contributed by atoms with E-state index in [1.54, 1.807) is 4.90 Å². The van der Waals surface area contributed by atoms with E-state index in [-0.39, 0.29) is 12.0 Å². The normalized spacial score (nSPS) is 18.2. The maximum absolute atomic E-state index is 12.0. The minimum Gasteiger partial charge on any atom is -0.445 e. The molecular weight excluding hydrogens is 258 g/mol. The van der Waals surface area contributed by atoms with Crippen molar-refractivity contribution >= 4 is 6.09 Å². The highest BCUT2D eigenvalue weighted by molar-refractivity contribution is 5.68. The minimum absolute atomic E-state index is 0.113. The molecule has 0 spiro atoms. The molecule has 1 aliphatic rings. The molecule has 0 bridgehead atoms. The van der Waals surface area contributed by atoms with Gasteiger partial charge in [-0.1, -0.05) is 30.3 Å². The third-order valence-electron chi connectivity index (χ3n) is 3.38. The van der Waals surface area contributed by atoms with Gasteiger partial charge in [0.25, 0.3) is 0 Å². The summed E-state index contributed by atoms with van der Waals surface area (Å²) in [7, 11) is 0. The summed E-state index contributed by atoms with van der Waals surface area (Å²) < 4.78 is 10.5. The summed E-state index contributed by atoms with van der Waals surface area (Å²) >= 11 is 0. The number of ether oxygens (including phenoxy) is 1. The Morgan fingerprint density at radius 2 is 2.25 bits per heavy atom. The SMILES string of the molecule is O=C(OCc1ccccc1)N1CCC(c2nnco2)C1. The predicted octanol–water partition coefficient (Wildman–Crippen LogP) is 2.20. The van der Waals surface area contributed by atoms with E-state index < -0.39 is 0 Å². The molecule has 1 aromatic heterocycles. The van der Waals surface area contributed by atoms with E-state index in [9.17, 15) is 4.79 Å². The number of rotatable bonds is 3. The molecule has 1 atom stereocenters. The van der Waals surface area contributed by atoms with Crippen LogP contribution in [0.3, 0.4) is 0 Å². The van der Waals surface area contributed by atoms with E-state index in [2.05, 4.69) is 10.2 Å². The van der Waals surface area contributed by atoms with Gasteiger partial charge in [0.1, 0.15) is 6.61 Å². The summed E-state index contributed by atoms with van der Waals surface area (Å²) in [5.41, 5.74) is 0.980. The molecule has 0 saturated carbocycles. The lowest BCUT2D eigenvalue weighted by Gasteiger charge is -2.15. The molecule has 3 rings (SSSR count). The van der Waals surface area contributed by atoms with Crippen LogP contribution < -0.4 is 0 Å². The van der Waals surface area contributed by atoms with E-state index in [0.29, 0.717) is 25.6 Å². The summed E-state index contributed by atoms with van der Waals surface area (Å²) in [6.45, 7) is 1.51. The molecule has 1 unspecified atom stereocenters.